The number of aliphatic hydroxyl groups is 1. The third-order valence-corrected chi connectivity index (χ3v) is 7.49. The van der Waals surface area contributed by atoms with Gasteiger partial charge in [0, 0.05) is 11.6 Å². The molecule has 2 aromatic rings. The Kier molecular flexibility index (Phi) is 4.50. The van der Waals surface area contributed by atoms with E-state index in [9.17, 15) is 13.5 Å². The van der Waals surface area contributed by atoms with Gasteiger partial charge in [-0.15, -0.1) is 0 Å². The van der Waals surface area contributed by atoms with Crippen molar-refractivity contribution in [3.8, 4) is 0 Å². The molecule has 1 atom stereocenters. The lowest BCUT2D eigenvalue weighted by Gasteiger charge is -2.38. The number of aliphatic hydroxyl groups excluding tert-OH is 1. The Bertz CT molecular complexity index is 799. The molecule has 0 aromatic heterocycles. The second-order valence-electron chi connectivity index (χ2n) is 5.94. The SMILES string of the molecule is O=S(=O)(c1ccc(Cl)cc1)C1(CCO)CCCc2ccccc21. The Labute approximate surface area is 141 Å². The summed E-state index contributed by atoms with van der Waals surface area (Å²) in [4.78, 5) is 0.257. The maximum atomic E-state index is 13.4. The van der Waals surface area contributed by atoms with Gasteiger partial charge in [-0.25, -0.2) is 8.42 Å². The fraction of sp³-hybridized carbons (Fsp3) is 0.333. The van der Waals surface area contributed by atoms with Gasteiger partial charge in [0.15, 0.2) is 9.84 Å². The third-order valence-electron chi connectivity index (χ3n) is 4.69. The summed E-state index contributed by atoms with van der Waals surface area (Å²) in [5.41, 5.74) is 1.89. The molecule has 1 unspecified atom stereocenters. The molecule has 1 N–H and O–H groups in total. The first-order valence-electron chi connectivity index (χ1n) is 7.71. The van der Waals surface area contributed by atoms with Crippen molar-refractivity contribution < 1.29 is 13.5 Å². The Morgan fingerprint density at radius 1 is 1.09 bits per heavy atom. The molecular formula is C18H19ClO3S. The van der Waals surface area contributed by atoms with Crippen molar-refractivity contribution in [2.24, 2.45) is 0 Å². The number of halogens is 1. The first kappa shape index (κ1) is 16.5. The molecule has 23 heavy (non-hydrogen) atoms. The van der Waals surface area contributed by atoms with E-state index in [1.165, 1.54) is 0 Å². The van der Waals surface area contributed by atoms with Crippen LogP contribution in [0.4, 0.5) is 0 Å². The molecule has 0 amide bonds. The van der Waals surface area contributed by atoms with Crippen LogP contribution in [0.25, 0.3) is 0 Å². The zero-order valence-electron chi connectivity index (χ0n) is 12.7. The van der Waals surface area contributed by atoms with Crippen LogP contribution in [-0.4, -0.2) is 20.1 Å². The van der Waals surface area contributed by atoms with Crippen LogP contribution in [0.5, 0.6) is 0 Å². The maximum absolute atomic E-state index is 13.4. The molecule has 0 heterocycles. The van der Waals surface area contributed by atoms with Gasteiger partial charge in [-0.05, 0) is 61.1 Å². The van der Waals surface area contributed by atoms with Crippen LogP contribution in [0.3, 0.4) is 0 Å². The van der Waals surface area contributed by atoms with E-state index < -0.39 is 14.6 Å². The van der Waals surface area contributed by atoms with Gasteiger partial charge in [0.1, 0.15) is 4.75 Å². The zero-order chi connectivity index (χ0) is 16.5. The highest BCUT2D eigenvalue weighted by Gasteiger charge is 2.47. The number of hydrogen-bond donors (Lipinski definition) is 1. The normalized spacial score (nSPS) is 21.0. The molecule has 3 rings (SSSR count). The van der Waals surface area contributed by atoms with Gasteiger partial charge in [0.2, 0.25) is 0 Å². The van der Waals surface area contributed by atoms with Crippen LogP contribution < -0.4 is 0 Å². The van der Waals surface area contributed by atoms with E-state index in [4.69, 9.17) is 11.6 Å². The summed E-state index contributed by atoms with van der Waals surface area (Å²) in [6.45, 7) is -0.166. The second kappa shape index (κ2) is 6.27. The van der Waals surface area contributed by atoms with Crippen molar-refractivity contribution in [3.05, 3.63) is 64.7 Å². The van der Waals surface area contributed by atoms with E-state index >= 15 is 0 Å². The number of rotatable bonds is 4. The van der Waals surface area contributed by atoms with Crippen molar-refractivity contribution in [2.45, 2.75) is 35.3 Å². The molecule has 0 saturated heterocycles. The Hall–Kier alpha value is -1.36. The molecule has 0 aliphatic heterocycles. The summed E-state index contributed by atoms with van der Waals surface area (Å²) >= 11 is 5.89. The number of benzene rings is 2. The lowest BCUT2D eigenvalue weighted by atomic mass is 9.80. The molecular weight excluding hydrogens is 332 g/mol. The topological polar surface area (TPSA) is 54.4 Å². The highest BCUT2D eigenvalue weighted by atomic mass is 35.5. The predicted molar refractivity (Wildman–Crippen MR) is 91.4 cm³/mol. The van der Waals surface area contributed by atoms with Gasteiger partial charge in [-0.3, -0.25) is 0 Å². The summed E-state index contributed by atoms with van der Waals surface area (Å²) < 4.78 is 25.8. The largest absolute Gasteiger partial charge is 0.396 e. The number of aryl methyl sites for hydroxylation is 1. The summed E-state index contributed by atoms with van der Waals surface area (Å²) in [7, 11) is -3.63. The highest BCUT2D eigenvalue weighted by Crippen LogP contribution is 2.47. The molecule has 2 aromatic carbocycles. The second-order valence-corrected chi connectivity index (χ2v) is 8.63. The fourth-order valence-corrected chi connectivity index (χ4v) is 5.91. The van der Waals surface area contributed by atoms with Crippen LogP contribution in [0.1, 0.15) is 30.4 Å². The van der Waals surface area contributed by atoms with Crippen molar-refractivity contribution in [3.63, 3.8) is 0 Å². The molecule has 1 aliphatic carbocycles. The molecule has 0 radical (unpaired) electrons. The van der Waals surface area contributed by atoms with Crippen molar-refractivity contribution in [1.29, 1.82) is 0 Å². The van der Waals surface area contributed by atoms with Crippen molar-refractivity contribution >= 4 is 21.4 Å². The standard InChI is InChI=1S/C18H19ClO3S/c19-15-7-9-16(10-8-15)23(21,22)18(12-13-20)11-3-5-14-4-1-2-6-17(14)18/h1-2,4,6-10,20H,3,5,11-13H2. The van der Waals surface area contributed by atoms with E-state index in [1.807, 2.05) is 24.3 Å². The highest BCUT2D eigenvalue weighted by molar-refractivity contribution is 7.92. The minimum Gasteiger partial charge on any atom is -0.396 e. The molecule has 0 spiro atoms. The molecule has 0 fully saturated rings. The molecule has 5 heteroatoms. The molecule has 0 saturated carbocycles. The smallest absolute Gasteiger partial charge is 0.188 e. The molecule has 1 aliphatic rings. The molecule has 3 nitrogen and oxygen atoms in total. The van der Waals surface area contributed by atoms with E-state index in [-0.39, 0.29) is 17.9 Å². The predicted octanol–water partition coefficient (Wildman–Crippen LogP) is 3.73. The van der Waals surface area contributed by atoms with Gasteiger partial charge in [-0.2, -0.15) is 0 Å². The first-order valence-corrected chi connectivity index (χ1v) is 9.57. The van der Waals surface area contributed by atoms with E-state index in [1.54, 1.807) is 24.3 Å². The zero-order valence-corrected chi connectivity index (χ0v) is 14.3. The third kappa shape index (κ3) is 2.69. The number of fused-ring (bicyclic) bond motifs is 1. The Morgan fingerprint density at radius 2 is 1.78 bits per heavy atom. The van der Waals surface area contributed by atoms with Gasteiger partial charge in [-0.1, -0.05) is 35.9 Å². The number of sulfone groups is 1. The molecule has 122 valence electrons. The minimum atomic E-state index is -3.63. The van der Waals surface area contributed by atoms with Gasteiger partial charge < -0.3 is 5.11 Å². The van der Waals surface area contributed by atoms with Gasteiger partial charge in [0.25, 0.3) is 0 Å². The maximum Gasteiger partial charge on any atom is 0.188 e. The summed E-state index contributed by atoms with van der Waals surface area (Å²) in [5.74, 6) is 0. The average molecular weight is 351 g/mol. The van der Waals surface area contributed by atoms with Crippen LogP contribution in [0.2, 0.25) is 5.02 Å². The minimum absolute atomic E-state index is 0.166. The van der Waals surface area contributed by atoms with E-state index in [2.05, 4.69) is 0 Å². The van der Waals surface area contributed by atoms with Crippen molar-refractivity contribution in [2.75, 3.05) is 6.61 Å². The van der Waals surface area contributed by atoms with Crippen LogP contribution >= 0.6 is 11.6 Å². The lowest BCUT2D eigenvalue weighted by molar-refractivity contribution is 0.255. The molecule has 0 bridgehead atoms. The first-order chi connectivity index (χ1) is 11.0. The Morgan fingerprint density at radius 3 is 2.48 bits per heavy atom. The van der Waals surface area contributed by atoms with Crippen LogP contribution in [0, 0.1) is 0 Å². The monoisotopic (exact) mass is 350 g/mol. The Balaban J connectivity index is 2.21. The summed E-state index contributed by atoms with van der Waals surface area (Å²) in [6.07, 6.45) is 2.40. The van der Waals surface area contributed by atoms with E-state index in [0.717, 1.165) is 24.0 Å². The van der Waals surface area contributed by atoms with Crippen LogP contribution in [-0.2, 0) is 21.0 Å². The van der Waals surface area contributed by atoms with Gasteiger partial charge in [0.05, 0.1) is 4.90 Å². The summed E-state index contributed by atoms with van der Waals surface area (Å²) in [6, 6.07) is 14.0. The van der Waals surface area contributed by atoms with E-state index in [0.29, 0.717) is 11.4 Å². The fourth-order valence-electron chi connectivity index (χ4n) is 3.57. The van der Waals surface area contributed by atoms with Crippen LogP contribution in [0.15, 0.2) is 53.4 Å². The number of hydrogen-bond acceptors (Lipinski definition) is 3. The van der Waals surface area contributed by atoms with Crippen molar-refractivity contribution in [1.82, 2.24) is 0 Å². The summed E-state index contributed by atoms with van der Waals surface area (Å²) in [5, 5.41) is 10.1. The average Bonchev–Trinajstić information content (AvgIpc) is 2.55. The lowest BCUT2D eigenvalue weighted by Crippen LogP contribution is -2.40. The van der Waals surface area contributed by atoms with Gasteiger partial charge >= 0.3 is 0 Å². The quantitative estimate of drug-likeness (QED) is 0.914.